The van der Waals surface area contributed by atoms with E-state index in [0.29, 0.717) is 32.4 Å². The van der Waals surface area contributed by atoms with Crippen LogP contribution in [0.15, 0.2) is 36.4 Å². The lowest BCUT2D eigenvalue weighted by Gasteiger charge is -2.19. The Morgan fingerprint density at radius 1 is 1.00 bits per heavy atom. The van der Waals surface area contributed by atoms with E-state index in [1.165, 1.54) is 10.5 Å². The number of amides is 2. The van der Waals surface area contributed by atoms with Crippen LogP contribution in [0.5, 0.6) is 5.75 Å². The van der Waals surface area contributed by atoms with Crippen LogP contribution >= 0.6 is 0 Å². The van der Waals surface area contributed by atoms with Crippen molar-refractivity contribution in [1.29, 1.82) is 0 Å². The van der Waals surface area contributed by atoms with Gasteiger partial charge in [0.1, 0.15) is 5.75 Å². The zero-order chi connectivity index (χ0) is 18.0. The predicted octanol–water partition coefficient (Wildman–Crippen LogP) is 3.70. The van der Waals surface area contributed by atoms with Crippen LogP contribution in [0.2, 0.25) is 0 Å². The fourth-order valence-electron chi connectivity index (χ4n) is 3.55. The summed E-state index contributed by atoms with van der Waals surface area (Å²) in [7, 11) is 0. The molecule has 0 radical (unpaired) electrons. The van der Waals surface area contributed by atoms with Crippen LogP contribution in [0, 0.1) is 11.8 Å². The molecule has 134 valence electrons. The molecule has 1 aliphatic carbocycles. The Bertz CT molecular complexity index is 643. The van der Waals surface area contributed by atoms with E-state index in [-0.39, 0.29) is 29.1 Å². The summed E-state index contributed by atoms with van der Waals surface area (Å²) in [5.74, 6) is 0.541. The smallest absolute Gasteiger partial charge is 0.233 e. The van der Waals surface area contributed by atoms with Crippen molar-refractivity contribution in [1.82, 2.24) is 4.90 Å². The summed E-state index contributed by atoms with van der Waals surface area (Å²) in [5, 5.41) is 0. The average Bonchev–Trinajstić information content (AvgIpc) is 2.83. The summed E-state index contributed by atoms with van der Waals surface area (Å²) in [6.07, 6.45) is 6.08. The Labute approximate surface area is 149 Å². The molecule has 25 heavy (non-hydrogen) atoms. The minimum absolute atomic E-state index is 0.00567. The van der Waals surface area contributed by atoms with Crippen molar-refractivity contribution >= 4 is 11.8 Å². The number of imide groups is 1. The summed E-state index contributed by atoms with van der Waals surface area (Å²) in [6.45, 7) is 7.49. The Morgan fingerprint density at radius 3 is 2.08 bits per heavy atom. The molecule has 2 unspecified atom stereocenters. The van der Waals surface area contributed by atoms with Crippen LogP contribution in [-0.4, -0.2) is 29.9 Å². The highest BCUT2D eigenvalue weighted by Crippen LogP contribution is 2.35. The third-order valence-electron chi connectivity index (χ3n) is 5.11. The van der Waals surface area contributed by atoms with Crippen LogP contribution in [0.3, 0.4) is 0 Å². The second kappa shape index (κ2) is 7.03. The average molecular weight is 341 g/mol. The summed E-state index contributed by atoms with van der Waals surface area (Å²) < 4.78 is 5.76. The van der Waals surface area contributed by atoms with E-state index in [2.05, 4.69) is 32.9 Å². The largest absolute Gasteiger partial charge is 0.494 e. The van der Waals surface area contributed by atoms with E-state index in [9.17, 15) is 9.59 Å². The van der Waals surface area contributed by atoms with Crippen molar-refractivity contribution in [3.05, 3.63) is 42.0 Å². The van der Waals surface area contributed by atoms with Gasteiger partial charge in [-0.25, -0.2) is 0 Å². The molecule has 2 atom stereocenters. The number of carbonyl (C=O) groups is 2. The maximum Gasteiger partial charge on any atom is 0.233 e. The number of likely N-dealkylation sites (tertiary alicyclic amines) is 1. The van der Waals surface area contributed by atoms with Crippen molar-refractivity contribution < 1.29 is 14.3 Å². The third-order valence-corrected chi connectivity index (χ3v) is 5.11. The number of hydrogen-bond acceptors (Lipinski definition) is 3. The van der Waals surface area contributed by atoms with E-state index in [0.717, 1.165) is 5.75 Å². The highest BCUT2D eigenvalue weighted by molar-refractivity contribution is 6.05. The van der Waals surface area contributed by atoms with E-state index in [4.69, 9.17) is 4.74 Å². The van der Waals surface area contributed by atoms with Gasteiger partial charge in [-0.15, -0.1) is 0 Å². The van der Waals surface area contributed by atoms with Crippen molar-refractivity contribution in [3.63, 3.8) is 0 Å². The first-order chi connectivity index (χ1) is 11.9. The molecular weight excluding hydrogens is 314 g/mol. The molecule has 0 aromatic heterocycles. The van der Waals surface area contributed by atoms with Gasteiger partial charge in [0.25, 0.3) is 0 Å². The zero-order valence-electron chi connectivity index (χ0n) is 15.3. The van der Waals surface area contributed by atoms with Gasteiger partial charge in [-0.3, -0.25) is 14.5 Å². The molecular formula is C21H27NO3. The van der Waals surface area contributed by atoms with Crippen molar-refractivity contribution in [2.24, 2.45) is 11.8 Å². The number of fused-ring (bicyclic) bond motifs is 1. The van der Waals surface area contributed by atoms with Gasteiger partial charge in [0.15, 0.2) is 0 Å². The highest BCUT2D eigenvalue weighted by atomic mass is 16.5. The second-order valence-corrected chi connectivity index (χ2v) is 7.96. The van der Waals surface area contributed by atoms with Gasteiger partial charge in [0, 0.05) is 6.54 Å². The SMILES string of the molecule is CC(C)(C)c1ccc(OCCCN2C(=O)C3CC=CCC3C2=O)cc1. The highest BCUT2D eigenvalue weighted by Gasteiger charge is 2.46. The molecule has 4 nitrogen and oxygen atoms in total. The van der Waals surface area contributed by atoms with Crippen LogP contribution in [0.25, 0.3) is 0 Å². The molecule has 2 amide bonds. The van der Waals surface area contributed by atoms with E-state index in [1.54, 1.807) is 0 Å². The molecule has 4 heteroatoms. The van der Waals surface area contributed by atoms with Gasteiger partial charge in [-0.1, -0.05) is 45.1 Å². The van der Waals surface area contributed by atoms with Gasteiger partial charge in [0.2, 0.25) is 11.8 Å². The lowest BCUT2D eigenvalue weighted by molar-refractivity contribution is -0.140. The molecule has 1 aromatic rings. The Morgan fingerprint density at radius 2 is 1.56 bits per heavy atom. The van der Waals surface area contributed by atoms with Crippen LogP contribution < -0.4 is 4.74 Å². The molecule has 1 aromatic carbocycles. The fraction of sp³-hybridized carbons (Fsp3) is 0.524. The van der Waals surface area contributed by atoms with E-state index in [1.807, 2.05) is 24.3 Å². The molecule has 0 saturated carbocycles. The maximum atomic E-state index is 12.4. The Balaban J connectivity index is 1.47. The molecule has 2 aliphatic rings. The second-order valence-electron chi connectivity index (χ2n) is 7.96. The number of rotatable bonds is 5. The number of ether oxygens (including phenoxy) is 1. The first-order valence-corrected chi connectivity index (χ1v) is 9.11. The molecule has 3 rings (SSSR count). The number of benzene rings is 1. The number of carbonyl (C=O) groups excluding carboxylic acids is 2. The number of hydrogen-bond donors (Lipinski definition) is 0. The number of allylic oxidation sites excluding steroid dienone is 2. The first-order valence-electron chi connectivity index (χ1n) is 9.11. The monoisotopic (exact) mass is 341 g/mol. The molecule has 0 spiro atoms. The van der Waals surface area contributed by atoms with Gasteiger partial charge in [-0.05, 0) is 42.4 Å². The van der Waals surface area contributed by atoms with Gasteiger partial charge in [-0.2, -0.15) is 0 Å². The molecule has 1 heterocycles. The summed E-state index contributed by atoms with van der Waals surface area (Å²) in [5.41, 5.74) is 1.39. The van der Waals surface area contributed by atoms with Gasteiger partial charge in [0.05, 0.1) is 18.4 Å². The fourth-order valence-corrected chi connectivity index (χ4v) is 3.55. The topological polar surface area (TPSA) is 46.6 Å². The lowest BCUT2D eigenvalue weighted by atomic mass is 9.85. The van der Waals surface area contributed by atoms with Gasteiger partial charge < -0.3 is 4.74 Å². The van der Waals surface area contributed by atoms with Crippen LogP contribution in [0.1, 0.15) is 45.6 Å². The van der Waals surface area contributed by atoms with Crippen LogP contribution in [-0.2, 0) is 15.0 Å². The van der Waals surface area contributed by atoms with Crippen molar-refractivity contribution in [2.75, 3.05) is 13.2 Å². The minimum Gasteiger partial charge on any atom is -0.494 e. The lowest BCUT2D eigenvalue weighted by Crippen LogP contribution is -2.32. The Kier molecular flexibility index (Phi) is 4.98. The first kappa shape index (κ1) is 17.7. The van der Waals surface area contributed by atoms with Crippen molar-refractivity contribution in [3.8, 4) is 5.75 Å². The number of nitrogens with zero attached hydrogens (tertiary/aromatic N) is 1. The standard InChI is InChI=1S/C21H27NO3/c1-21(2,3)15-9-11-16(12-10-15)25-14-6-13-22-19(23)17-7-4-5-8-18(17)20(22)24/h4-5,9-12,17-18H,6-8,13-14H2,1-3H3. The maximum absolute atomic E-state index is 12.4. The summed E-state index contributed by atoms with van der Waals surface area (Å²) in [6, 6.07) is 8.13. The van der Waals surface area contributed by atoms with Gasteiger partial charge >= 0.3 is 0 Å². The molecule has 1 aliphatic heterocycles. The minimum atomic E-state index is -0.136. The molecule has 1 fully saturated rings. The summed E-state index contributed by atoms with van der Waals surface area (Å²) >= 11 is 0. The normalized spacial score (nSPS) is 23.1. The quantitative estimate of drug-likeness (QED) is 0.466. The third kappa shape index (κ3) is 3.78. The van der Waals surface area contributed by atoms with Crippen molar-refractivity contribution in [2.45, 2.75) is 45.4 Å². The molecule has 1 saturated heterocycles. The summed E-state index contributed by atoms with van der Waals surface area (Å²) in [4.78, 5) is 26.2. The molecule has 0 N–H and O–H groups in total. The Hall–Kier alpha value is -2.10. The van der Waals surface area contributed by atoms with Crippen LogP contribution in [0.4, 0.5) is 0 Å². The van der Waals surface area contributed by atoms with E-state index >= 15 is 0 Å². The molecule has 0 bridgehead atoms. The van der Waals surface area contributed by atoms with E-state index < -0.39 is 0 Å². The predicted molar refractivity (Wildman–Crippen MR) is 97.3 cm³/mol. The zero-order valence-corrected chi connectivity index (χ0v) is 15.3.